The van der Waals surface area contributed by atoms with Crippen molar-refractivity contribution in [1.29, 1.82) is 0 Å². The molecule has 0 spiro atoms. The predicted octanol–water partition coefficient (Wildman–Crippen LogP) is 3.79. The lowest BCUT2D eigenvalue weighted by molar-refractivity contribution is -0.136. The van der Waals surface area contributed by atoms with Crippen LogP contribution in [0.1, 0.15) is 15.9 Å². The van der Waals surface area contributed by atoms with Crippen molar-refractivity contribution in [2.75, 3.05) is 13.7 Å². The number of hydrogen-bond acceptors (Lipinski definition) is 4. The Morgan fingerprint density at radius 1 is 1.09 bits per heavy atom. The molecule has 0 amide bonds. The van der Waals surface area contributed by atoms with Crippen LogP contribution in [0.2, 0.25) is 5.02 Å². The van der Waals surface area contributed by atoms with E-state index in [1.165, 1.54) is 6.08 Å². The van der Waals surface area contributed by atoms with Crippen LogP contribution >= 0.6 is 11.6 Å². The molecule has 0 aromatic heterocycles. The zero-order valence-electron chi connectivity index (χ0n) is 12.5. The highest BCUT2D eigenvalue weighted by molar-refractivity contribution is 6.30. The van der Waals surface area contributed by atoms with E-state index < -0.39 is 5.97 Å². The van der Waals surface area contributed by atoms with E-state index in [1.54, 1.807) is 43.5 Å². The van der Waals surface area contributed by atoms with Gasteiger partial charge in [0.15, 0.2) is 12.4 Å². The van der Waals surface area contributed by atoms with Gasteiger partial charge in [0.2, 0.25) is 0 Å². The smallest absolute Gasteiger partial charge is 0.331 e. The fourth-order valence-corrected chi connectivity index (χ4v) is 1.99. The Morgan fingerprint density at radius 3 is 2.48 bits per heavy atom. The summed E-state index contributed by atoms with van der Waals surface area (Å²) in [7, 11) is 1.55. The summed E-state index contributed by atoms with van der Waals surface area (Å²) in [5.74, 6) is -0.243. The molecule has 0 bridgehead atoms. The first-order valence-electron chi connectivity index (χ1n) is 6.87. The van der Waals surface area contributed by atoms with Crippen LogP contribution in [0.5, 0.6) is 5.75 Å². The molecule has 2 aromatic rings. The number of para-hydroxylation sites is 1. The molecule has 0 aliphatic carbocycles. The number of carbonyl (C=O) groups excluding carboxylic acids is 2. The van der Waals surface area contributed by atoms with Crippen molar-refractivity contribution >= 4 is 29.4 Å². The molecule has 2 aromatic carbocycles. The Hall–Kier alpha value is -2.59. The lowest BCUT2D eigenvalue weighted by atomic mass is 10.1. The van der Waals surface area contributed by atoms with Crippen LogP contribution in [0.4, 0.5) is 0 Å². The monoisotopic (exact) mass is 330 g/mol. The highest BCUT2D eigenvalue weighted by Gasteiger charge is 2.08. The van der Waals surface area contributed by atoms with Crippen molar-refractivity contribution in [1.82, 2.24) is 0 Å². The number of methoxy groups -OCH3 is 1. The standard InChI is InChI=1S/C18H15ClO4/c1-22-17-5-3-2-4-14(17)8-11-18(21)23-12-16(20)13-6-9-15(19)10-7-13/h2-11H,12H2,1H3/b11-8+. The van der Waals surface area contributed by atoms with Gasteiger partial charge in [-0.2, -0.15) is 0 Å². The van der Waals surface area contributed by atoms with Crippen LogP contribution in [0.25, 0.3) is 6.08 Å². The molecular formula is C18H15ClO4. The summed E-state index contributed by atoms with van der Waals surface area (Å²) in [6.45, 7) is -0.323. The van der Waals surface area contributed by atoms with E-state index in [2.05, 4.69) is 0 Å². The number of Topliss-reactive ketones (excluding diaryl/α,β-unsaturated/α-hetero) is 1. The van der Waals surface area contributed by atoms with Gasteiger partial charge < -0.3 is 9.47 Å². The minimum Gasteiger partial charge on any atom is -0.496 e. The maximum Gasteiger partial charge on any atom is 0.331 e. The summed E-state index contributed by atoms with van der Waals surface area (Å²) in [6.07, 6.45) is 2.83. The lowest BCUT2D eigenvalue weighted by Crippen LogP contribution is -2.12. The van der Waals surface area contributed by atoms with E-state index in [0.29, 0.717) is 16.3 Å². The number of carbonyl (C=O) groups is 2. The molecule has 0 aliphatic heterocycles. The van der Waals surface area contributed by atoms with Crippen molar-refractivity contribution in [3.63, 3.8) is 0 Å². The molecule has 5 heteroatoms. The molecule has 0 unspecified atom stereocenters. The second-order valence-corrected chi connectivity index (χ2v) is 5.05. The minimum absolute atomic E-state index is 0.291. The fraction of sp³-hybridized carbons (Fsp3) is 0.111. The maximum absolute atomic E-state index is 11.9. The Kier molecular flexibility index (Phi) is 5.94. The van der Waals surface area contributed by atoms with Gasteiger partial charge in [-0.15, -0.1) is 0 Å². The minimum atomic E-state index is -0.599. The van der Waals surface area contributed by atoms with Gasteiger partial charge in [0.25, 0.3) is 0 Å². The molecule has 0 atom stereocenters. The summed E-state index contributed by atoms with van der Waals surface area (Å²) in [5, 5.41) is 0.540. The van der Waals surface area contributed by atoms with Crippen LogP contribution in [0.3, 0.4) is 0 Å². The SMILES string of the molecule is COc1ccccc1/C=C/C(=O)OCC(=O)c1ccc(Cl)cc1. The van der Waals surface area contributed by atoms with Crippen molar-refractivity contribution in [2.45, 2.75) is 0 Å². The zero-order chi connectivity index (χ0) is 16.7. The van der Waals surface area contributed by atoms with Gasteiger partial charge in [-0.1, -0.05) is 29.8 Å². The zero-order valence-corrected chi connectivity index (χ0v) is 13.2. The first kappa shape index (κ1) is 16.8. The Morgan fingerprint density at radius 2 is 1.78 bits per heavy atom. The highest BCUT2D eigenvalue weighted by atomic mass is 35.5. The molecule has 0 N–H and O–H groups in total. The molecule has 0 saturated heterocycles. The van der Waals surface area contributed by atoms with E-state index >= 15 is 0 Å². The van der Waals surface area contributed by atoms with Gasteiger partial charge in [0.1, 0.15) is 5.75 Å². The summed E-state index contributed by atoms with van der Waals surface area (Å²) in [6, 6.07) is 13.6. The topological polar surface area (TPSA) is 52.6 Å². The quantitative estimate of drug-likeness (QED) is 0.459. The average molecular weight is 331 g/mol. The van der Waals surface area contributed by atoms with Crippen molar-refractivity contribution in [3.05, 3.63) is 70.8 Å². The second-order valence-electron chi connectivity index (χ2n) is 4.61. The number of halogens is 1. The first-order valence-corrected chi connectivity index (χ1v) is 7.24. The molecule has 118 valence electrons. The second kappa shape index (κ2) is 8.15. The van der Waals surface area contributed by atoms with Gasteiger partial charge >= 0.3 is 5.97 Å². The Bertz CT molecular complexity index is 720. The number of ether oxygens (including phenoxy) is 2. The van der Waals surface area contributed by atoms with Crippen LogP contribution in [-0.4, -0.2) is 25.5 Å². The number of hydrogen-bond donors (Lipinski definition) is 0. The van der Waals surface area contributed by atoms with Gasteiger partial charge in [-0.3, -0.25) is 4.79 Å². The molecular weight excluding hydrogens is 316 g/mol. The molecule has 0 heterocycles. The van der Waals surface area contributed by atoms with E-state index in [9.17, 15) is 9.59 Å². The van der Waals surface area contributed by atoms with Crippen LogP contribution in [-0.2, 0) is 9.53 Å². The molecule has 2 rings (SSSR count). The van der Waals surface area contributed by atoms with E-state index in [4.69, 9.17) is 21.1 Å². The third kappa shape index (κ3) is 4.97. The first-order chi connectivity index (χ1) is 11.1. The van der Waals surface area contributed by atoms with Gasteiger partial charge in [-0.05, 0) is 36.4 Å². The summed E-state index contributed by atoms with van der Waals surface area (Å²) in [4.78, 5) is 23.6. The predicted molar refractivity (Wildman–Crippen MR) is 88.8 cm³/mol. The lowest BCUT2D eigenvalue weighted by Gasteiger charge is -2.04. The largest absolute Gasteiger partial charge is 0.496 e. The summed E-state index contributed by atoms with van der Waals surface area (Å²) in [5.41, 5.74) is 1.19. The fourth-order valence-electron chi connectivity index (χ4n) is 1.87. The van der Waals surface area contributed by atoms with Crippen molar-refractivity contribution in [2.24, 2.45) is 0 Å². The highest BCUT2D eigenvalue weighted by Crippen LogP contribution is 2.18. The van der Waals surface area contributed by atoms with Crippen molar-refractivity contribution < 1.29 is 19.1 Å². The molecule has 0 fully saturated rings. The van der Waals surface area contributed by atoms with Crippen LogP contribution in [0, 0.1) is 0 Å². The van der Waals surface area contributed by atoms with E-state index in [1.807, 2.05) is 18.2 Å². The average Bonchev–Trinajstić information content (AvgIpc) is 2.58. The summed E-state index contributed by atoms with van der Waals surface area (Å²) < 4.78 is 10.1. The van der Waals surface area contributed by atoms with Crippen LogP contribution < -0.4 is 4.74 Å². The van der Waals surface area contributed by atoms with Crippen molar-refractivity contribution in [3.8, 4) is 5.75 Å². The molecule has 0 saturated carbocycles. The normalized spacial score (nSPS) is 10.5. The van der Waals surface area contributed by atoms with Gasteiger partial charge in [0, 0.05) is 22.2 Å². The number of ketones is 1. The molecule has 0 aliphatic rings. The number of benzene rings is 2. The molecule has 0 radical (unpaired) electrons. The number of rotatable bonds is 6. The molecule has 4 nitrogen and oxygen atoms in total. The van der Waals surface area contributed by atoms with E-state index in [-0.39, 0.29) is 12.4 Å². The van der Waals surface area contributed by atoms with Gasteiger partial charge in [0.05, 0.1) is 7.11 Å². The maximum atomic E-state index is 11.9. The Labute approximate surface area is 139 Å². The number of esters is 1. The molecule has 23 heavy (non-hydrogen) atoms. The Balaban J connectivity index is 1.91. The van der Waals surface area contributed by atoms with E-state index in [0.717, 1.165) is 5.56 Å². The third-order valence-electron chi connectivity index (χ3n) is 3.05. The van der Waals surface area contributed by atoms with Gasteiger partial charge in [-0.25, -0.2) is 4.79 Å². The summed E-state index contributed by atoms with van der Waals surface area (Å²) >= 11 is 5.75. The third-order valence-corrected chi connectivity index (χ3v) is 3.30. The van der Waals surface area contributed by atoms with Crippen LogP contribution in [0.15, 0.2) is 54.6 Å².